The van der Waals surface area contributed by atoms with Gasteiger partial charge >= 0.3 is 0 Å². The zero-order valence-corrected chi connectivity index (χ0v) is 9.00. The minimum Gasteiger partial charge on any atom is -0.501 e. The van der Waals surface area contributed by atoms with E-state index in [9.17, 15) is 0 Å². The molecule has 78 valence electrons. The zero-order chi connectivity index (χ0) is 10.8. The fourth-order valence-corrected chi connectivity index (χ4v) is 2.07. The molecule has 1 aliphatic carbocycles. The average Bonchev–Trinajstić information content (AvgIpc) is 2.63. The fraction of sp³-hybridized carbons (Fsp3) is 0.417. The van der Waals surface area contributed by atoms with E-state index in [1.165, 1.54) is 5.69 Å². The van der Waals surface area contributed by atoms with Crippen molar-refractivity contribution in [3.8, 4) is 6.07 Å². The molecule has 1 atom stereocenters. The van der Waals surface area contributed by atoms with Gasteiger partial charge in [0.2, 0.25) is 0 Å². The van der Waals surface area contributed by atoms with Gasteiger partial charge in [-0.3, -0.25) is 0 Å². The Bertz CT molecular complexity index is 437. The van der Waals surface area contributed by atoms with Gasteiger partial charge in [0, 0.05) is 29.8 Å². The Kier molecular flexibility index (Phi) is 2.51. The third-order valence-electron chi connectivity index (χ3n) is 2.88. The number of hydrogen-bond donors (Lipinski definition) is 1. The number of aromatic amines is 1. The molecule has 0 saturated heterocycles. The highest BCUT2D eigenvalue weighted by molar-refractivity contribution is 5.62. The molecule has 0 aromatic carbocycles. The molecule has 15 heavy (non-hydrogen) atoms. The van der Waals surface area contributed by atoms with Crippen LogP contribution in [0, 0.1) is 11.3 Å². The summed E-state index contributed by atoms with van der Waals surface area (Å²) in [7, 11) is 1.69. The minimum atomic E-state index is 0.437. The van der Waals surface area contributed by atoms with Crippen LogP contribution in [0.25, 0.3) is 6.08 Å². The lowest BCUT2D eigenvalue weighted by Gasteiger charge is -2.19. The number of methoxy groups -OCH3 is 1. The van der Waals surface area contributed by atoms with Gasteiger partial charge in [-0.1, -0.05) is 6.92 Å². The molecule has 3 heteroatoms. The van der Waals surface area contributed by atoms with E-state index >= 15 is 0 Å². The fourth-order valence-electron chi connectivity index (χ4n) is 2.07. The van der Waals surface area contributed by atoms with Gasteiger partial charge in [-0.05, 0) is 11.6 Å². The van der Waals surface area contributed by atoms with E-state index in [1.54, 1.807) is 7.11 Å². The lowest BCUT2D eigenvalue weighted by molar-refractivity contribution is 0.273. The van der Waals surface area contributed by atoms with Crippen LogP contribution in [0.3, 0.4) is 0 Å². The molecule has 0 radical (unpaired) electrons. The highest BCUT2D eigenvalue weighted by atomic mass is 16.5. The molecule has 1 N–H and O–H groups in total. The van der Waals surface area contributed by atoms with E-state index in [1.807, 2.05) is 12.3 Å². The van der Waals surface area contributed by atoms with Crippen LogP contribution in [-0.2, 0) is 11.2 Å². The molecule has 2 rings (SSSR count). The second kappa shape index (κ2) is 3.82. The van der Waals surface area contributed by atoms with Crippen LogP contribution in [-0.4, -0.2) is 12.1 Å². The molecule has 0 saturated carbocycles. The van der Waals surface area contributed by atoms with Crippen molar-refractivity contribution in [3.05, 3.63) is 28.8 Å². The van der Waals surface area contributed by atoms with Gasteiger partial charge in [-0.15, -0.1) is 0 Å². The number of nitrogens with one attached hydrogen (secondary N) is 1. The number of nitriles is 1. The first kappa shape index (κ1) is 9.85. The number of ether oxygens (including phenoxy) is 1. The number of fused-ring (bicyclic) bond motifs is 1. The average molecular weight is 202 g/mol. The number of H-pyrrole nitrogens is 1. The molecule has 1 heterocycles. The first-order valence-electron chi connectivity index (χ1n) is 5.08. The van der Waals surface area contributed by atoms with E-state index in [0.29, 0.717) is 12.3 Å². The van der Waals surface area contributed by atoms with E-state index in [4.69, 9.17) is 10.00 Å². The monoisotopic (exact) mass is 202 g/mol. The molecule has 0 fully saturated rings. The lowest BCUT2D eigenvalue weighted by atomic mass is 9.91. The summed E-state index contributed by atoms with van der Waals surface area (Å²) in [6, 6.07) is 2.18. The van der Waals surface area contributed by atoms with Crippen LogP contribution in [0.15, 0.2) is 12.0 Å². The Labute approximate surface area is 89.4 Å². The van der Waals surface area contributed by atoms with E-state index < -0.39 is 0 Å². The SMILES string of the molecule is COC1=Cc2c(CC#N)c[nH]c2C(C)C1. The lowest BCUT2D eigenvalue weighted by Crippen LogP contribution is -2.05. The standard InChI is InChI=1S/C12H14N2O/c1-8-5-10(15-2)6-11-9(3-4-13)7-14-12(8)11/h6-8,14H,3,5H2,1-2H3. The van der Waals surface area contributed by atoms with Gasteiger partial charge in [-0.2, -0.15) is 5.26 Å². The number of rotatable bonds is 2. The molecule has 0 spiro atoms. The molecule has 0 bridgehead atoms. The van der Waals surface area contributed by atoms with Crippen LogP contribution in [0.5, 0.6) is 0 Å². The summed E-state index contributed by atoms with van der Waals surface area (Å²) in [5.74, 6) is 1.43. The summed E-state index contributed by atoms with van der Waals surface area (Å²) < 4.78 is 5.29. The van der Waals surface area contributed by atoms with Gasteiger partial charge in [0.25, 0.3) is 0 Å². The maximum absolute atomic E-state index is 8.71. The molecular formula is C12H14N2O. The molecule has 1 aliphatic rings. The van der Waals surface area contributed by atoms with Gasteiger partial charge in [0.1, 0.15) is 0 Å². The number of hydrogen-bond acceptors (Lipinski definition) is 2. The highest BCUT2D eigenvalue weighted by Gasteiger charge is 2.21. The molecule has 0 aliphatic heterocycles. The van der Waals surface area contributed by atoms with Gasteiger partial charge < -0.3 is 9.72 Å². The second-order valence-electron chi connectivity index (χ2n) is 3.90. The van der Waals surface area contributed by atoms with Crippen molar-refractivity contribution in [1.29, 1.82) is 5.26 Å². The highest BCUT2D eigenvalue weighted by Crippen LogP contribution is 2.34. The number of allylic oxidation sites excluding steroid dienone is 1. The van der Waals surface area contributed by atoms with Crippen molar-refractivity contribution in [3.63, 3.8) is 0 Å². The maximum Gasteiger partial charge on any atom is 0.0968 e. The molecule has 1 aromatic heterocycles. The van der Waals surface area contributed by atoms with Crippen molar-refractivity contribution in [1.82, 2.24) is 4.98 Å². The van der Waals surface area contributed by atoms with Crippen LogP contribution < -0.4 is 0 Å². The molecule has 1 unspecified atom stereocenters. The predicted molar refractivity (Wildman–Crippen MR) is 58.1 cm³/mol. The smallest absolute Gasteiger partial charge is 0.0968 e. The first-order chi connectivity index (χ1) is 7.26. The predicted octanol–water partition coefficient (Wildman–Crippen LogP) is 2.58. The van der Waals surface area contributed by atoms with Crippen molar-refractivity contribution in [2.75, 3.05) is 7.11 Å². The van der Waals surface area contributed by atoms with Gasteiger partial charge in [0.15, 0.2) is 0 Å². The Morgan fingerprint density at radius 2 is 2.47 bits per heavy atom. The molecule has 0 amide bonds. The van der Waals surface area contributed by atoms with E-state index in [-0.39, 0.29) is 0 Å². The van der Waals surface area contributed by atoms with Crippen molar-refractivity contribution < 1.29 is 4.74 Å². The van der Waals surface area contributed by atoms with E-state index in [2.05, 4.69) is 18.0 Å². The first-order valence-corrected chi connectivity index (χ1v) is 5.08. The largest absolute Gasteiger partial charge is 0.501 e. The molecular weight excluding hydrogens is 188 g/mol. The second-order valence-corrected chi connectivity index (χ2v) is 3.90. The van der Waals surface area contributed by atoms with Crippen molar-refractivity contribution >= 4 is 6.08 Å². The summed E-state index contributed by atoms with van der Waals surface area (Å²) in [5.41, 5.74) is 3.43. The minimum absolute atomic E-state index is 0.437. The zero-order valence-electron chi connectivity index (χ0n) is 9.00. The van der Waals surface area contributed by atoms with Crippen LogP contribution >= 0.6 is 0 Å². The topological polar surface area (TPSA) is 48.8 Å². The summed E-state index contributed by atoms with van der Waals surface area (Å²) >= 11 is 0. The number of nitrogens with zero attached hydrogens (tertiary/aromatic N) is 1. The quantitative estimate of drug-likeness (QED) is 0.801. The third kappa shape index (κ3) is 1.63. The van der Waals surface area contributed by atoms with Crippen molar-refractivity contribution in [2.24, 2.45) is 0 Å². The third-order valence-corrected chi connectivity index (χ3v) is 2.88. The summed E-state index contributed by atoms with van der Waals surface area (Å²) in [6.45, 7) is 2.16. The molecule has 3 nitrogen and oxygen atoms in total. The normalized spacial score (nSPS) is 19.0. The molecule has 1 aromatic rings. The van der Waals surface area contributed by atoms with Crippen LogP contribution in [0.1, 0.15) is 36.1 Å². The summed E-state index contributed by atoms with van der Waals surface area (Å²) in [4.78, 5) is 3.25. The van der Waals surface area contributed by atoms with Crippen LogP contribution in [0.2, 0.25) is 0 Å². The Morgan fingerprint density at radius 1 is 1.67 bits per heavy atom. The number of aromatic nitrogens is 1. The Morgan fingerprint density at radius 3 is 3.13 bits per heavy atom. The van der Waals surface area contributed by atoms with Gasteiger partial charge in [-0.25, -0.2) is 0 Å². The Balaban J connectivity index is 2.45. The summed E-state index contributed by atoms with van der Waals surface area (Å²) in [5, 5.41) is 8.71. The van der Waals surface area contributed by atoms with E-state index in [0.717, 1.165) is 23.3 Å². The van der Waals surface area contributed by atoms with Crippen molar-refractivity contribution in [2.45, 2.75) is 25.7 Å². The maximum atomic E-state index is 8.71. The Hall–Kier alpha value is -1.69. The van der Waals surface area contributed by atoms with Crippen LogP contribution in [0.4, 0.5) is 0 Å². The van der Waals surface area contributed by atoms with Gasteiger partial charge in [0.05, 0.1) is 25.4 Å². The summed E-state index contributed by atoms with van der Waals surface area (Å²) in [6.07, 6.45) is 5.35.